The topological polar surface area (TPSA) is 50.7 Å². The monoisotopic (exact) mass is 446 g/mol. The third kappa shape index (κ3) is 4.00. The summed E-state index contributed by atoms with van der Waals surface area (Å²) in [4.78, 5) is 12.8. The van der Waals surface area contributed by atoms with Gasteiger partial charge < -0.3 is 4.74 Å². The molecule has 0 aliphatic heterocycles. The van der Waals surface area contributed by atoms with Gasteiger partial charge in [0.2, 0.25) is 5.91 Å². The van der Waals surface area contributed by atoms with Crippen LogP contribution >= 0.6 is 11.6 Å². The molecule has 164 valence electrons. The molecule has 1 amide bonds. The van der Waals surface area contributed by atoms with E-state index in [9.17, 15) is 4.79 Å². The van der Waals surface area contributed by atoms with E-state index in [4.69, 9.17) is 16.3 Å². The van der Waals surface area contributed by atoms with Gasteiger partial charge in [0.25, 0.3) is 0 Å². The predicted molar refractivity (Wildman–Crippen MR) is 129 cm³/mol. The molecule has 32 heavy (non-hydrogen) atoms. The fraction of sp³-hybridized carbons (Fsp3) is 0.333. The van der Waals surface area contributed by atoms with Crippen LogP contribution in [0.2, 0.25) is 5.02 Å². The molecule has 5 heteroatoms. The number of nitrogens with zero attached hydrogens (tertiary/aromatic N) is 1. The minimum Gasteiger partial charge on any atom is -0.488 e. The first-order valence-corrected chi connectivity index (χ1v) is 11.7. The van der Waals surface area contributed by atoms with Crippen molar-refractivity contribution in [3.8, 4) is 5.75 Å². The highest BCUT2D eigenvalue weighted by Gasteiger charge is 2.64. The van der Waals surface area contributed by atoms with Gasteiger partial charge in [0, 0.05) is 16.5 Å². The number of carbonyl (C=O) groups is 1. The third-order valence-electron chi connectivity index (χ3n) is 7.22. The van der Waals surface area contributed by atoms with Crippen LogP contribution in [0.15, 0.2) is 65.8 Å². The van der Waals surface area contributed by atoms with E-state index in [-0.39, 0.29) is 17.2 Å². The summed E-state index contributed by atoms with van der Waals surface area (Å²) in [7, 11) is 0. The smallest absolute Gasteiger partial charge is 0.244 e. The summed E-state index contributed by atoms with van der Waals surface area (Å²) in [6, 6.07) is 19.7. The van der Waals surface area contributed by atoms with E-state index in [2.05, 4.69) is 23.5 Å². The van der Waals surface area contributed by atoms with Crippen LogP contribution in [0.5, 0.6) is 5.75 Å². The zero-order chi connectivity index (χ0) is 22.1. The maximum absolute atomic E-state index is 12.8. The van der Waals surface area contributed by atoms with Crippen molar-refractivity contribution in [1.29, 1.82) is 0 Å². The van der Waals surface area contributed by atoms with Crippen LogP contribution in [0, 0.1) is 17.3 Å². The van der Waals surface area contributed by atoms with Crippen LogP contribution < -0.4 is 10.2 Å². The zero-order valence-electron chi connectivity index (χ0n) is 18.2. The fourth-order valence-corrected chi connectivity index (χ4v) is 5.48. The number of carbonyl (C=O) groups excluding carboxylic acids is 1. The molecule has 3 aromatic carbocycles. The molecule has 2 fully saturated rings. The van der Waals surface area contributed by atoms with Crippen molar-refractivity contribution in [1.82, 2.24) is 5.43 Å². The summed E-state index contributed by atoms with van der Waals surface area (Å²) in [5.41, 5.74) is 4.87. The van der Waals surface area contributed by atoms with E-state index in [1.54, 1.807) is 6.21 Å². The van der Waals surface area contributed by atoms with Crippen molar-refractivity contribution >= 4 is 34.5 Å². The number of ether oxygens (including phenoxy) is 1. The lowest BCUT2D eigenvalue weighted by Crippen LogP contribution is -2.22. The summed E-state index contributed by atoms with van der Waals surface area (Å²) < 4.78 is 6.13. The highest BCUT2D eigenvalue weighted by molar-refractivity contribution is 6.30. The molecule has 0 spiro atoms. The van der Waals surface area contributed by atoms with E-state index < -0.39 is 0 Å². The molecule has 2 saturated carbocycles. The molecule has 0 saturated heterocycles. The van der Waals surface area contributed by atoms with Crippen molar-refractivity contribution in [2.45, 2.75) is 39.2 Å². The maximum Gasteiger partial charge on any atom is 0.244 e. The number of amides is 1. The Hall–Kier alpha value is -2.85. The number of rotatable bonds is 6. The molecule has 0 bridgehead atoms. The second-order valence-corrected chi connectivity index (χ2v) is 9.62. The van der Waals surface area contributed by atoms with Gasteiger partial charge in [-0.2, -0.15) is 5.10 Å². The zero-order valence-corrected chi connectivity index (χ0v) is 18.9. The summed E-state index contributed by atoms with van der Waals surface area (Å²) in [6.07, 6.45) is 6.48. The first kappa shape index (κ1) is 21.0. The first-order valence-electron chi connectivity index (χ1n) is 11.3. The number of fused-ring (bicyclic) bond motifs is 2. The highest BCUT2D eigenvalue weighted by atomic mass is 35.5. The molecule has 3 atom stereocenters. The fourth-order valence-electron chi connectivity index (χ4n) is 5.36. The van der Waals surface area contributed by atoms with Gasteiger partial charge in [-0.05, 0) is 58.7 Å². The van der Waals surface area contributed by atoms with Gasteiger partial charge in [0.05, 0.1) is 6.21 Å². The average Bonchev–Trinajstić information content (AvgIpc) is 3.44. The van der Waals surface area contributed by atoms with Gasteiger partial charge in [-0.1, -0.05) is 73.8 Å². The molecule has 1 N–H and O–H groups in total. The lowest BCUT2D eigenvalue weighted by molar-refractivity contribution is -0.123. The molecule has 4 nitrogen and oxygen atoms in total. The van der Waals surface area contributed by atoms with Crippen LogP contribution in [0.4, 0.5) is 0 Å². The SMILES string of the molecule is C[C@]12CCCC[C@H]1[C@@H]2C(=O)N/N=C\c1c(OCc2ccc(Cl)cc2)ccc2ccccc12. The van der Waals surface area contributed by atoms with E-state index in [0.29, 0.717) is 17.5 Å². The summed E-state index contributed by atoms with van der Waals surface area (Å²) >= 11 is 5.98. The van der Waals surface area contributed by atoms with Crippen LogP contribution in [0.1, 0.15) is 43.7 Å². The molecule has 0 heterocycles. The number of hydrazone groups is 1. The van der Waals surface area contributed by atoms with Gasteiger partial charge in [0.1, 0.15) is 12.4 Å². The number of halogens is 1. The van der Waals surface area contributed by atoms with Crippen LogP contribution in [0.25, 0.3) is 10.8 Å². The normalized spacial score (nSPS) is 24.3. The Morgan fingerprint density at radius 2 is 1.97 bits per heavy atom. The number of hydrogen-bond acceptors (Lipinski definition) is 3. The number of nitrogens with one attached hydrogen (secondary N) is 1. The minimum atomic E-state index is 0.0412. The molecular formula is C27H27ClN2O2. The molecule has 3 aromatic rings. The molecule has 5 rings (SSSR count). The third-order valence-corrected chi connectivity index (χ3v) is 7.47. The maximum atomic E-state index is 12.8. The molecule has 2 aliphatic rings. The Bertz CT molecular complexity index is 1170. The van der Waals surface area contributed by atoms with Crippen LogP contribution in [-0.4, -0.2) is 12.1 Å². The second kappa shape index (κ2) is 8.59. The highest BCUT2D eigenvalue weighted by Crippen LogP contribution is 2.66. The van der Waals surface area contributed by atoms with Crippen molar-refractivity contribution in [3.05, 3.63) is 76.8 Å². The van der Waals surface area contributed by atoms with Crippen LogP contribution in [0.3, 0.4) is 0 Å². The van der Waals surface area contributed by atoms with Crippen molar-refractivity contribution < 1.29 is 9.53 Å². The van der Waals surface area contributed by atoms with E-state index in [1.807, 2.05) is 54.6 Å². The van der Waals surface area contributed by atoms with Gasteiger partial charge >= 0.3 is 0 Å². The van der Waals surface area contributed by atoms with Crippen molar-refractivity contribution in [3.63, 3.8) is 0 Å². The van der Waals surface area contributed by atoms with Gasteiger partial charge in [-0.3, -0.25) is 4.79 Å². The van der Waals surface area contributed by atoms with Gasteiger partial charge in [-0.25, -0.2) is 5.43 Å². The number of benzene rings is 3. The standard InChI is InChI=1S/C27H27ClN2O2/c1-27-15-5-4-8-23(27)25(27)26(31)30-29-16-22-21-7-3-2-6-19(21)11-14-24(22)32-17-18-9-12-20(28)13-10-18/h2-3,6-7,9-14,16,23,25H,4-5,8,15,17H2,1H3,(H,30,31)/b29-16-/t23-,25+,27-/m0/s1. The Morgan fingerprint density at radius 1 is 1.16 bits per heavy atom. The molecule has 0 radical (unpaired) electrons. The second-order valence-electron chi connectivity index (χ2n) is 9.18. The largest absolute Gasteiger partial charge is 0.488 e. The molecule has 0 unspecified atom stereocenters. The predicted octanol–water partition coefficient (Wildman–Crippen LogP) is 6.35. The summed E-state index contributed by atoms with van der Waals surface area (Å²) in [6.45, 7) is 2.67. The van der Waals surface area contributed by atoms with Gasteiger partial charge in [0.15, 0.2) is 0 Å². The summed E-state index contributed by atoms with van der Waals surface area (Å²) in [5.74, 6) is 1.38. The van der Waals surface area contributed by atoms with E-state index >= 15 is 0 Å². The Labute approximate surface area is 193 Å². The lowest BCUT2D eigenvalue weighted by atomic mass is 9.90. The summed E-state index contributed by atoms with van der Waals surface area (Å²) in [5, 5.41) is 7.18. The van der Waals surface area contributed by atoms with Gasteiger partial charge in [-0.15, -0.1) is 0 Å². The lowest BCUT2D eigenvalue weighted by Gasteiger charge is -2.15. The van der Waals surface area contributed by atoms with E-state index in [1.165, 1.54) is 12.8 Å². The first-order chi connectivity index (χ1) is 15.6. The molecule has 0 aromatic heterocycles. The Morgan fingerprint density at radius 3 is 2.75 bits per heavy atom. The number of hydrogen-bond donors (Lipinski definition) is 1. The van der Waals surface area contributed by atoms with Crippen LogP contribution in [-0.2, 0) is 11.4 Å². The van der Waals surface area contributed by atoms with E-state index in [0.717, 1.165) is 40.5 Å². The average molecular weight is 447 g/mol. The Balaban J connectivity index is 1.35. The van der Waals surface area contributed by atoms with Crippen molar-refractivity contribution in [2.75, 3.05) is 0 Å². The minimum absolute atomic E-state index is 0.0412. The molecule has 2 aliphatic carbocycles. The Kier molecular flexibility index (Phi) is 5.64. The van der Waals surface area contributed by atoms with Crippen molar-refractivity contribution in [2.24, 2.45) is 22.4 Å². The molecular weight excluding hydrogens is 420 g/mol. The quantitative estimate of drug-likeness (QED) is 0.354.